The molecule has 6 aromatic heterocycles. The molecule has 0 aliphatic heterocycles. The maximum atomic E-state index is 12.5. The van der Waals surface area contributed by atoms with Crippen molar-refractivity contribution in [1.82, 2.24) is 0 Å². The first-order valence-corrected chi connectivity index (χ1v) is 20.0. The predicted octanol–water partition coefficient (Wildman–Crippen LogP) is 14.7. The molecule has 12 nitrogen and oxygen atoms in total. The van der Waals surface area contributed by atoms with E-state index in [-0.39, 0.29) is 17.3 Å². The minimum Gasteiger partial charge on any atom is -0.467 e. The van der Waals surface area contributed by atoms with Crippen molar-refractivity contribution in [2.75, 3.05) is 0 Å². The Morgan fingerprint density at radius 1 is 0.557 bits per heavy atom. The van der Waals surface area contributed by atoms with E-state index in [4.69, 9.17) is 9.52 Å². The third-order valence-electron chi connectivity index (χ3n) is 7.03. The Morgan fingerprint density at radius 2 is 0.971 bits per heavy atom. The monoisotopic (exact) mass is 1140 g/mol. The number of aliphatic hydroxyl groups excluding tert-OH is 1. The number of rotatable bonds is 9. The first kappa shape index (κ1) is 61.7. The van der Waals surface area contributed by atoms with E-state index < -0.39 is 78.1 Å². The van der Waals surface area contributed by atoms with Gasteiger partial charge in [-0.3, -0.25) is 24.6 Å². The van der Waals surface area contributed by atoms with Gasteiger partial charge in [-0.25, -0.2) is 0 Å². The van der Waals surface area contributed by atoms with Crippen LogP contribution in [0.4, 0.5) is 65.9 Å². The molecule has 386 valence electrons. The van der Waals surface area contributed by atoms with Crippen molar-refractivity contribution >= 4 is 50.3 Å². The number of carbonyl (C=O) groups is 2. The number of hydrogen-bond donors (Lipinski definition) is 1. The van der Waals surface area contributed by atoms with Crippen molar-refractivity contribution in [1.29, 1.82) is 0 Å². The van der Waals surface area contributed by atoms with Gasteiger partial charge < -0.3 is 31.6 Å². The summed E-state index contributed by atoms with van der Waals surface area (Å²) in [6.07, 6.45) is -17.5. The Balaban J connectivity index is 0.000000424. The van der Waals surface area contributed by atoms with Gasteiger partial charge >= 0.3 is 36.7 Å². The summed E-state index contributed by atoms with van der Waals surface area (Å²) in [5, 5.41) is 8.53. The average Bonchev–Trinajstić information content (AvgIpc) is 4.11. The molecule has 6 aromatic rings. The van der Waals surface area contributed by atoms with Gasteiger partial charge in [0.05, 0.1) is 41.8 Å². The summed E-state index contributed by atoms with van der Waals surface area (Å²) in [5.74, 6) is -3.37. The zero-order valence-corrected chi connectivity index (χ0v) is 38.1. The van der Waals surface area contributed by atoms with E-state index in [1.165, 1.54) is 87.4 Å². The molecule has 0 amide bonds. The molecule has 1 N–H and O–H groups in total. The SMILES string of the molecule is CC(C)=N[C@@H](c1ccco1)C(F)(F)F.CC(C)N=C(c1ccco1)C(F)(F)F.FC(F)(F)[C@@H](N=CI)c1ccco1.O=C(c1ccco1)C(F)(F)F.O=Cc1ccco1.OC(c1ccco1)C(F)(F)F. The van der Waals surface area contributed by atoms with Crippen LogP contribution in [0.5, 0.6) is 0 Å². The van der Waals surface area contributed by atoms with E-state index >= 15 is 0 Å². The third kappa shape index (κ3) is 23.3. The minimum absolute atomic E-state index is 0.182. The first-order valence-electron chi connectivity index (χ1n) is 18.8. The van der Waals surface area contributed by atoms with E-state index in [0.29, 0.717) is 17.8 Å². The Bertz CT molecular complexity index is 2380. The standard InChI is InChI=1S/2C9H10F3NO.C7H5F3INO.C6H5F3O2.C6H3F3O2.C5H4O2/c2*1-6(2)13-8(9(10,11)12)7-4-3-5-14-7;8-7(9,10)6(12-4-11)5-2-1-3-13-5;2*7-6(8,9)5(10)4-2-1-3-11-4;6-4-5-2-1-3-7-5/h3-5,8H,1-2H3;3-6H,1-2H3;1-4,6H;1-3,5,10H;1-3H;1-4H/t8-;;6-;;;/m0.0.../s1. The lowest BCUT2D eigenvalue weighted by Crippen LogP contribution is -2.24. The van der Waals surface area contributed by atoms with Crippen molar-refractivity contribution in [2.24, 2.45) is 15.0 Å². The third-order valence-corrected chi connectivity index (χ3v) is 7.35. The highest BCUT2D eigenvalue weighted by Gasteiger charge is 2.44. The summed E-state index contributed by atoms with van der Waals surface area (Å²) in [6, 6.07) is 11.6. The van der Waals surface area contributed by atoms with Gasteiger partial charge in [-0.05, 0) is 123 Å². The van der Waals surface area contributed by atoms with Crippen LogP contribution in [0.15, 0.2) is 152 Å². The van der Waals surface area contributed by atoms with Crippen LogP contribution in [-0.4, -0.2) is 69.7 Å². The molecule has 0 spiro atoms. The number of furan rings is 6. The minimum atomic E-state index is -4.85. The van der Waals surface area contributed by atoms with Gasteiger partial charge in [-0.1, -0.05) is 0 Å². The number of nitrogens with zero attached hydrogens (tertiary/aromatic N) is 3. The molecular formula is C42H37F15IN3O9. The molecule has 0 aliphatic rings. The highest BCUT2D eigenvalue weighted by atomic mass is 127. The maximum absolute atomic E-state index is 12.5. The highest BCUT2D eigenvalue weighted by Crippen LogP contribution is 2.37. The predicted molar refractivity (Wildman–Crippen MR) is 226 cm³/mol. The van der Waals surface area contributed by atoms with Gasteiger partial charge in [-0.15, -0.1) is 0 Å². The van der Waals surface area contributed by atoms with Crippen LogP contribution in [0.1, 0.15) is 90.0 Å². The lowest BCUT2D eigenvalue weighted by atomic mass is 10.2. The zero-order valence-electron chi connectivity index (χ0n) is 36.0. The van der Waals surface area contributed by atoms with Gasteiger partial charge in [-0.2, -0.15) is 65.9 Å². The van der Waals surface area contributed by atoms with Crippen molar-refractivity contribution in [3.8, 4) is 0 Å². The van der Waals surface area contributed by atoms with E-state index in [9.17, 15) is 75.4 Å². The molecule has 28 heteroatoms. The molecule has 70 heavy (non-hydrogen) atoms. The molecule has 0 aliphatic carbocycles. The van der Waals surface area contributed by atoms with E-state index in [0.717, 1.165) is 28.9 Å². The molecule has 0 fully saturated rings. The number of aliphatic imine (C=N–C) groups is 3. The maximum Gasteiger partial charge on any atom is 0.458 e. The summed E-state index contributed by atoms with van der Waals surface area (Å²) < 4.78 is 210. The molecule has 6 rings (SSSR count). The molecule has 0 radical (unpaired) electrons. The number of aldehydes is 1. The van der Waals surface area contributed by atoms with Crippen LogP contribution in [0.3, 0.4) is 0 Å². The second kappa shape index (κ2) is 28.4. The Kier molecular flexibility index (Phi) is 25.0. The summed E-state index contributed by atoms with van der Waals surface area (Å²) in [6.45, 7) is 6.19. The van der Waals surface area contributed by atoms with Crippen LogP contribution >= 0.6 is 22.6 Å². The fourth-order valence-corrected chi connectivity index (χ4v) is 4.61. The summed E-state index contributed by atoms with van der Waals surface area (Å²) in [4.78, 5) is 30.3. The lowest BCUT2D eigenvalue weighted by Gasteiger charge is -2.14. The average molecular weight is 1140 g/mol. The molecule has 0 aromatic carbocycles. The van der Waals surface area contributed by atoms with Gasteiger partial charge in [0.25, 0.3) is 0 Å². The molecular weight excluding hydrogens is 1100 g/mol. The van der Waals surface area contributed by atoms with Gasteiger partial charge in [0.2, 0.25) is 18.2 Å². The number of carbonyl (C=O) groups excluding carboxylic acids is 2. The Labute approximate surface area is 399 Å². The number of halogens is 16. The second-order valence-electron chi connectivity index (χ2n) is 13.2. The first-order chi connectivity index (χ1) is 32.3. The van der Waals surface area contributed by atoms with Crippen molar-refractivity contribution in [2.45, 2.75) is 82.8 Å². The van der Waals surface area contributed by atoms with Gasteiger partial charge in [0.15, 0.2) is 29.3 Å². The largest absolute Gasteiger partial charge is 0.467 e. The smallest absolute Gasteiger partial charge is 0.458 e. The number of ketones is 1. The molecule has 1 unspecified atom stereocenters. The van der Waals surface area contributed by atoms with Gasteiger partial charge in [0, 0.05) is 11.8 Å². The van der Waals surface area contributed by atoms with Crippen LogP contribution in [-0.2, 0) is 0 Å². The molecule has 0 bridgehead atoms. The normalized spacial score (nSPS) is 13.3. The summed E-state index contributed by atoms with van der Waals surface area (Å²) >= 11 is 1.63. The summed E-state index contributed by atoms with van der Waals surface area (Å²) in [5.41, 5.74) is -0.596. The van der Waals surface area contributed by atoms with E-state index in [1.54, 1.807) is 48.6 Å². The quantitative estimate of drug-likeness (QED) is 0.0486. The Hall–Kier alpha value is -6.33. The summed E-state index contributed by atoms with van der Waals surface area (Å²) in [7, 11) is 0. The second-order valence-corrected chi connectivity index (χ2v) is 13.7. The van der Waals surface area contributed by atoms with Crippen LogP contribution < -0.4 is 0 Å². The lowest BCUT2D eigenvalue weighted by molar-refractivity contribution is -0.211. The molecule has 0 saturated heterocycles. The van der Waals surface area contributed by atoms with E-state index in [2.05, 4.69) is 37.1 Å². The molecule has 0 saturated carbocycles. The van der Waals surface area contributed by atoms with Crippen molar-refractivity contribution in [3.05, 3.63) is 145 Å². The number of Topliss-reactive ketones (excluding diaryl/α,β-unsaturated/α-hetero) is 1. The molecule has 3 atom stereocenters. The zero-order chi connectivity index (χ0) is 53.5. The highest BCUT2D eigenvalue weighted by molar-refractivity contribution is 14.1. The van der Waals surface area contributed by atoms with E-state index in [1.807, 2.05) is 0 Å². The number of aliphatic hydroxyl groups is 1. The van der Waals surface area contributed by atoms with Crippen LogP contribution in [0, 0.1) is 0 Å². The van der Waals surface area contributed by atoms with Crippen molar-refractivity contribution < 1.29 is 107 Å². The van der Waals surface area contributed by atoms with Crippen LogP contribution in [0.2, 0.25) is 0 Å². The molecule has 6 heterocycles. The Morgan fingerprint density at radius 3 is 1.27 bits per heavy atom. The fourth-order valence-electron chi connectivity index (χ4n) is 4.29. The van der Waals surface area contributed by atoms with Crippen LogP contribution in [0.25, 0.3) is 0 Å². The van der Waals surface area contributed by atoms with Crippen molar-refractivity contribution in [3.63, 3.8) is 0 Å². The van der Waals surface area contributed by atoms with Gasteiger partial charge in [0.1, 0.15) is 17.3 Å². The number of alkyl halides is 15. The topological polar surface area (TPSA) is 170 Å². The number of hydrogen-bond acceptors (Lipinski definition) is 12. The fraction of sp³-hybridized carbons (Fsp3) is 0.310.